The van der Waals surface area contributed by atoms with Crippen LogP contribution in [0, 0.1) is 6.92 Å². The average Bonchev–Trinajstić information content (AvgIpc) is 2.95. The Hall–Kier alpha value is -2.47. The zero-order chi connectivity index (χ0) is 17.4. The Morgan fingerprint density at radius 1 is 1.29 bits per heavy atom. The molecule has 0 amide bonds. The molecule has 0 bridgehead atoms. The van der Waals surface area contributed by atoms with Gasteiger partial charge in [-0.15, -0.1) is 10.2 Å². The summed E-state index contributed by atoms with van der Waals surface area (Å²) in [5.74, 6) is -0.366. The van der Waals surface area contributed by atoms with Crippen molar-refractivity contribution in [3.05, 3.63) is 46.4 Å². The van der Waals surface area contributed by atoms with Crippen LogP contribution in [0.4, 0.5) is 0 Å². The molecule has 3 aromatic rings. The first-order valence-corrected chi connectivity index (χ1v) is 7.92. The molecule has 0 aliphatic carbocycles. The molecule has 2 aromatic heterocycles. The predicted molar refractivity (Wildman–Crippen MR) is 91.4 cm³/mol. The third kappa shape index (κ3) is 2.63. The summed E-state index contributed by atoms with van der Waals surface area (Å²) in [5.41, 5.74) is 3.99. The van der Waals surface area contributed by atoms with Gasteiger partial charge in [0.05, 0.1) is 24.1 Å². The van der Waals surface area contributed by atoms with Crippen molar-refractivity contribution in [3.63, 3.8) is 0 Å². The van der Waals surface area contributed by atoms with Crippen molar-refractivity contribution in [1.29, 1.82) is 0 Å². The fourth-order valence-electron chi connectivity index (χ4n) is 2.63. The number of hydrogen-bond donors (Lipinski definition) is 0. The molecular weight excluding hydrogens is 328 g/mol. The number of halogens is 1. The van der Waals surface area contributed by atoms with Gasteiger partial charge < -0.3 is 4.74 Å². The van der Waals surface area contributed by atoms with Gasteiger partial charge >= 0.3 is 5.97 Å². The van der Waals surface area contributed by atoms with Crippen molar-refractivity contribution in [1.82, 2.24) is 19.8 Å². The highest BCUT2D eigenvalue weighted by Gasteiger charge is 2.23. The van der Waals surface area contributed by atoms with Gasteiger partial charge in [0.2, 0.25) is 0 Å². The first-order chi connectivity index (χ1) is 11.4. The number of fused-ring (bicyclic) bond motifs is 1. The number of carbonyl (C=O) groups excluding carboxylic acids is 1. The molecular formula is C17H17ClN4O2. The summed E-state index contributed by atoms with van der Waals surface area (Å²) in [6.07, 6.45) is 0. The standard InChI is InChI=1S/C17H17ClN4O2/c1-9(2)14-13(11-6-5-7-12(18)8-11)16-20-19-15(17(23)24-4)10(3)22(16)21-14/h5-9H,1-4H3. The molecule has 0 saturated heterocycles. The Bertz CT molecular complexity index is 934. The summed E-state index contributed by atoms with van der Waals surface area (Å²) in [6, 6.07) is 7.53. The lowest BCUT2D eigenvalue weighted by Gasteiger charge is -2.06. The fraction of sp³-hybridized carbons (Fsp3) is 0.294. The quantitative estimate of drug-likeness (QED) is 0.678. The van der Waals surface area contributed by atoms with Crippen molar-refractivity contribution < 1.29 is 9.53 Å². The van der Waals surface area contributed by atoms with E-state index in [0.29, 0.717) is 16.4 Å². The minimum atomic E-state index is -0.534. The number of carbonyl (C=O) groups is 1. The van der Waals surface area contributed by atoms with E-state index in [2.05, 4.69) is 29.1 Å². The van der Waals surface area contributed by atoms with Gasteiger partial charge in [-0.05, 0) is 30.5 Å². The van der Waals surface area contributed by atoms with Crippen LogP contribution in [0.3, 0.4) is 0 Å². The van der Waals surface area contributed by atoms with Crippen LogP contribution in [0.25, 0.3) is 16.8 Å². The molecule has 0 unspecified atom stereocenters. The minimum absolute atomic E-state index is 0.153. The van der Waals surface area contributed by atoms with Crippen LogP contribution in [0.1, 0.15) is 41.6 Å². The van der Waals surface area contributed by atoms with Crippen molar-refractivity contribution in [2.24, 2.45) is 0 Å². The van der Waals surface area contributed by atoms with Crippen molar-refractivity contribution in [2.75, 3.05) is 7.11 Å². The second kappa shape index (κ2) is 6.20. The number of benzene rings is 1. The molecule has 6 nitrogen and oxygen atoms in total. The van der Waals surface area contributed by atoms with Gasteiger partial charge in [0, 0.05) is 5.02 Å². The van der Waals surface area contributed by atoms with E-state index in [1.807, 2.05) is 24.3 Å². The number of hydrogen-bond acceptors (Lipinski definition) is 5. The molecule has 0 fully saturated rings. The largest absolute Gasteiger partial charge is 0.464 e. The molecule has 0 radical (unpaired) electrons. The molecule has 0 spiro atoms. The monoisotopic (exact) mass is 344 g/mol. The van der Waals surface area contributed by atoms with E-state index in [1.54, 1.807) is 11.4 Å². The summed E-state index contributed by atoms with van der Waals surface area (Å²) in [4.78, 5) is 11.8. The van der Waals surface area contributed by atoms with E-state index in [-0.39, 0.29) is 11.6 Å². The molecule has 0 N–H and O–H groups in total. The van der Waals surface area contributed by atoms with Crippen molar-refractivity contribution in [3.8, 4) is 11.1 Å². The van der Waals surface area contributed by atoms with E-state index >= 15 is 0 Å². The molecule has 0 saturated carbocycles. The van der Waals surface area contributed by atoms with Gasteiger partial charge in [-0.25, -0.2) is 9.31 Å². The number of ether oxygens (including phenoxy) is 1. The van der Waals surface area contributed by atoms with Crippen LogP contribution in [-0.4, -0.2) is 32.9 Å². The Labute approximate surface area is 144 Å². The molecule has 3 rings (SSSR count). The zero-order valence-corrected chi connectivity index (χ0v) is 14.6. The normalized spacial score (nSPS) is 11.2. The van der Waals surface area contributed by atoms with Gasteiger partial charge in [-0.2, -0.15) is 5.10 Å². The molecule has 124 valence electrons. The number of aromatic nitrogens is 4. The fourth-order valence-corrected chi connectivity index (χ4v) is 2.82. The van der Waals surface area contributed by atoms with E-state index in [9.17, 15) is 4.79 Å². The maximum Gasteiger partial charge on any atom is 0.360 e. The van der Waals surface area contributed by atoms with Crippen LogP contribution in [0.5, 0.6) is 0 Å². The second-order valence-electron chi connectivity index (χ2n) is 5.79. The highest BCUT2D eigenvalue weighted by molar-refractivity contribution is 6.30. The van der Waals surface area contributed by atoms with Crippen molar-refractivity contribution >= 4 is 23.2 Å². The third-order valence-corrected chi connectivity index (χ3v) is 4.07. The number of rotatable bonds is 3. The highest BCUT2D eigenvalue weighted by Crippen LogP contribution is 2.33. The first kappa shape index (κ1) is 16.4. The molecule has 7 heteroatoms. The van der Waals surface area contributed by atoms with Gasteiger partial charge in [-0.1, -0.05) is 37.6 Å². The third-order valence-electron chi connectivity index (χ3n) is 3.83. The molecule has 0 aliphatic heterocycles. The molecule has 0 atom stereocenters. The lowest BCUT2D eigenvalue weighted by Crippen LogP contribution is -2.12. The summed E-state index contributed by atoms with van der Waals surface area (Å²) in [7, 11) is 1.31. The Balaban J connectivity index is 2.34. The van der Waals surface area contributed by atoms with Crippen LogP contribution >= 0.6 is 11.6 Å². The maximum absolute atomic E-state index is 11.8. The van der Waals surface area contributed by atoms with Crippen LogP contribution in [-0.2, 0) is 4.74 Å². The maximum atomic E-state index is 11.8. The Kier molecular flexibility index (Phi) is 4.24. The number of methoxy groups -OCH3 is 1. The summed E-state index contributed by atoms with van der Waals surface area (Å²) in [5, 5.41) is 13.6. The van der Waals surface area contributed by atoms with Gasteiger partial charge in [0.15, 0.2) is 11.3 Å². The molecule has 2 heterocycles. The molecule has 0 aliphatic rings. The van der Waals surface area contributed by atoms with Crippen LogP contribution in [0.15, 0.2) is 24.3 Å². The van der Waals surface area contributed by atoms with Gasteiger partial charge in [-0.3, -0.25) is 0 Å². The summed E-state index contributed by atoms with van der Waals surface area (Å²) < 4.78 is 6.39. The highest BCUT2D eigenvalue weighted by atomic mass is 35.5. The van der Waals surface area contributed by atoms with E-state index in [0.717, 1.165) is 16.8 Å². The number of aryl methyl sites for hydroxylation is 1. The molecule has 1 aromatic carbocycles. The smallest absolute Gasteiger partial charge is 0.360 e. The number of nitrogens with zero attached hydrogens (tertiary/aromatic N) is 4. The zero-order valence-electron chi connectivity index (χ0n) is 13.9. The second-order valence-corrected chi connectivity index (χ2v) is 6.22. The van der Waals surface area contributed by atoms with Crippen LogP contribution < -0.4 is 0 Å². The van der Waals surface area contributed by atoms with E-state index in [4.69, 9.17) is 16.3 Å². The van der Waals surface area contributed by atoms with E-state index < -0.39 is 5.97 Å². The summed E-state index contributed by atoms with van der Waals surface area (Å²) >= 11 is 6.14. The first-order valence-electron chi connectivity index (χ1n) is 7.54. The minimum Gasteiger partial charge on any atom is -0.464 e. The lowest BCUT2D eigenvalue weighted by molar-refractivity contribution is 0.0590. The lowest BCUT2D eigenvalue weighted by atomic mass is 10.00. The topological polar surface area (TPSA) is 69.4 Å². The predicted octanol–water partition coefficient (Wildman–Crippen LogP) is 3.66. The van der Waals surface area contributed by atoms with Gasteiger partial charge in [0.25, 0.3) is 0 Å². The molecule has 24 heavy (non-hydrogen) atoms. The summed E-state index contributed by atoms with van der Waals surface area (Å²) in [6.45, 7) is 5.88. The van der Waals surface area contributed by atoms with Crippen molar-refractivity contribution in [2.45, 2.75) is 26.7 Å². The van der Waals surface area contributed by atoms with E-state index in [1.165, 1.54) is 7.11 Å². The Morgan fingerprint density at radius 2 is 2.04 bits per heavy atom. The SMILES string of the molecule is COC(=O)c1nnc2c(-c3cccc(Cl)c3)c(C(C)C)nn2c1C. The number of esters is 1. The average molecular weight is 345 g/mol. The van der Waals surface area contributed by atoms with Gasteiger partial charge in [0.1, 0.15) is 0 Å². The van der Waals surface area contributed by atoms with Crippen LogP contribution in [0.2, 0.25) is 5.02 Å². The Morgan fingerprint density at radius 3 is 2.67 bits per heavy atom.